The fraction of sp³-hybridized carbons (Fsp3) is 0.250. The van der Waals surface area contributed by atoms with E-state index >= 15 is 0 Å². The third-order valence-electron chi connectivity index (χ3n) is 5.49. The third-order valence-corrected chi connectivity index (χ3v) is 5.49. The zero-order chi connectivity index (χ0) is 20.2. The topological polar surface area (TPSA) is 66.8 Å². The second kappa shape index (κ2) is 8.35. The molecule has 0 atom stereocenters. The Labute approximate surface area is 169 Å². The Morgan fingerprint density at radius 3 is 2.38 bits per heavy atom. The van der Waals surface area contributed by atoms with Crippen LogP contribution >= 0.6 is 0 Å². The van der Waals surface area contributed by atoms with E-state index < -0.39 is 5.97 Å². The van der Waals surface area contributed by atoms with Crippen LogP contribution in [0.2, 0.25) is 0 Å². The van der Waals surface area contributed by atoms with Gasteiger partial charge in [-0.15, -0.1) is 0 Å². The van der Waals surface area contributed by atoms with Crippen molar-refractivity contribution in [2.75, 3.05) is 19.7 Å². The maximum atomic E-state index is 13.0. The summed E-state index contributed by atoms with van der Waals surface area (Å²) in [6.45, 7) is 0.990. The third kappa shape index (κ3) is 4.24. The van der Waals surface area contributed by atoms with Crippen molar-refractivity contribution in [2.24, 2.45) is 0 Å². The Balaban J connectivity index is 1.44. The van der Waals surface area contributed by atoms with Crippen LogP contribution in [-0.2, 0) is 4.79 Å². The molecule has 0 aliphatic carbocycles. The van der Waals surface area contributed by atoms with E-state index in [0.29, 0.717) is 24.4 Å². The fourth-order valence-electron chi connectivity index (χ4n) is 3.99. The molecule has 0 radical (unpaired) electrons. The SMILES string of the molecule is O=C(O)COc1ccccc1C1CCN(C(=O)c2ccc3ccccc3c2)CC1. The summed E-state index contributed by atoms with van der Waals surface area (Å²) in [6, 6.07) is 21.5. The van der Waals surface area contributed by atoms with Gasteiger partial charge < -0.3 is 14.7 Å². The number of benzene rings is 3. The van der Waals surface area contributed by atoms with Gasteiger partial charge in [-0.2, -0.15) is 0 Å². The molecule has 5 nitrogen and oxygen atoms in total. The number of hydrogen-bond acceptors (Lipinski definition) is 3. The zero-order valence-corrected chi connectivity index (χ0v) is 16.1. The predicted molar refractivity (Wildman–Crippen MR) is 111 cm³/mol. The van der Waals surface area contributed by atoms with Crippen LogP contribution in [0, 0.1) is 0 Å². The number of para-hydroxylation sites is 1. The Bertz CT molecular complexity index is 1040. The van der Waals surface area contributed by atoms with Crippen LogP contribution in [0.1, 0.15) is 34.7 Å². The molecule has 1 saturated heterocycles. The van der Waals surface area contributed by atoms with Crippen LogP contribution < -0.4 is 4.74 Å². The monoisotopic (exact) mass is 389 g/mol. The van der Waals surface area contributed by atoms with Gasteiger partial charge >= 0.3 is 5.97 Å². The van der Waals surface area contributed by atoms with E-state index in [0.717, 1.165) is 29.2 Å². The highest BCUT2D eigenvalue weighted by atomic mass is 16.5. The van der Waals surface area contributed by atoms with Crippen LogP contribution in [0.5, 0.6) is 5.75 Å². The smallest absolute Gasteiger partial charge is 0.341 e. The first-order valence-corrected chi connectivity index (χ1v) is 9.83. The summed E-state index contributed by atoms with van der Waals surface area (Å²) in [4.78, 5) is 25.7. The second-order valence-corrected chi connectivity index (χ2v) is 7.35. The van der Waals surface area contributed by atoms with Crippen LogP contribution in [-0.4, -0.2) is 41.6 Å². The zero-order valence-electron chi connectivity index (χ0n) is 16.1. The van der Waals surface area contributed by atoms with Gasteiger partial charge in [-0.3, -0.25) is 4.79 Å². The highest BCUT2D eigenvalue weighted by Crippen LogP contribution is 2.34. The van der Waals surface area contributed by atoms with Crippen LogP contribution in [0.3, 0.4) is 0 Å². The number of carboxylic acid groups (broad SMARTS) is 1. The van der Waals surface area contributed by atoms with Gasteiger partial charge in [0.05, 0.1) is 0 Å². The molecule has 0 unspecified atom stereocenters. The van der Waals surface area contributed by atoms with Crippen molar-refractivity contribution in [3.63, 3.8) is 0 Å². The van der Waals surface area contributed by atoms with E-state index in [1.54, 1.807) is 0 Å². The number of carboxylic acids is 1. The van der Waals surface area contributed by atoms with E-state index in [9.17, 15) is 9.59 Å². The lowest BCUT2D eigenvalue weighted by Gasteiger charge is -2.33. The van der Waals surface area contributed by atoms with Crippen molar-refractivity contribution in [1.82, 2.24) is 4.90 Å². The maximum absolute atomic E-state index is 13.0. The van der Waals surface area contributed by atoms with Gasteiger partial charge in [0, 0.05) is 18.7 Å². The molecular weight excluding hydrogens is 366 g/mol. The van der Waals surface area contributed by atoms with Gasteiger partial charge in [0.15, 0.2) is 6.61 Å². The minimum atomic E-state index is -0.990. The number of aliphatic carboxylic acids is 1. The summed E-state index contributed by atoms with van der Waals surface area (Å²) in [5.41, 5.74) is 1.74. The Morgan fingerprint density at radius 1 is 0.931 bits per heavy atom. The van der Waals surface area contributed by atoms with E-state index in [-0.39, 0.29) is 18.4 Å². The molecule has 29 heavy (non-hydrogen) atoms. The summed E-state index contributed by atoms with van der Waals surface area (Å²) in [7, 11) is 0. The molecule has 148 valence electrons. The number of nitrogens with zero attached hydrogens (tertiary/aromatic N) is 1. The molecule has 1 aliphatic heterocycles. The maximum Gasteiger partial charge on any atom is 0.341 e. The van der Waals surface area contributed by atoms with Crippen LogP contribution in [0.15, 0.2) is 66.7 Å². The highest BCUT2D eigenvalue weighted by molar-refractivity contribution is 5.98. The van der Waals surface area contributed by atoms with Gasteiger partial charge in [0.25, 0.3) is 5.91 Å². The molecule has 5 heteroatoms. The van der Waals surface area contributed by atoms with Crippen molar-refractivity contribution >= 4 is 22.6 Å². The van der Waals surface area contributed by atoms with Gasteiger partial charge in [-0.05, 0) is 53.3 Å². The van der Waals surface area contributed by atoms with Crippen molar-refractivity contribution in [2.45, 2.75) is 18.8 Å². The standard InChI is InChI=1S/C24H23NO4/c26-23(27)16-29-22-8-4-3-7-21(22)18-11-13-25(14-12-18)24(28)20-10-9-17-5-1-2-6-19(17)15-20/h1-10,15,18H,11-14,16H2,(H,26,27). The van der Waals surface area contributed by atoms with Gasteiger partial charge in [-0.25, -0.2) is 4.79 Å². The Hall–Kier alpha value is -3.34. The van der Waals surface area contributed by atoms with Gasteiger partial charge in [0.1, 0.15) is 5.75 Å². The lowest BCUT2D eigenvalue weighted by atomic mass is 9.88. The minimum absolute atomic E-state index is 0.0598. The molecule has 1 aliphatic rings. The number of carbonyl (C=O) groups is 2. The molecule has 0 aromatic heterocycles. The molecule has 0 bridgehead atoms. The van der Waals surface area contributed by atoms with E-state index in [1.165, 1.54) is 0 Å². The summed E-state index contributed by atoms with van der Waals surface area (Å²) in [6.07, 6.45) is 1.65. The van der Waals surface area contributed by atoms with Crippen molar-refractivity contribution in [1.29, 1.82) is 0 Å². The number of piperidine rings is 1. The summed E-state index contributed by atoms with van der Waals surface area (Å²) >= 11 is 0. The summed E-state index contributed by atoms with van der Waals surface area (Å²) in [5.74, 6) is -0.0601. The van der Waals surface area contributed by atoms with Gasteiger partial charge in [0.2, 0.25) is 0 Å². The molecule has 1 amide bonds. The van der Waals surface area contributed by atoms with Crippen molar-refractivity contribution in [3.8, 4) is 5.75 Å². The van der Waals surface area contributed by atoms with Crippen molar-refractivity contribution in [3.05, 3.63) is 77.9 Å². The molecule has 0 spiro atoms. The Morgan fingerprint density at radius 2 is 1.62 bits per heavy atom. The van der Waals surface area contributed by atoms with E-state index in [4.69, 9.17) is 9.84 Å². The molecule has 3 aromatic carbocycles. The highest BCUT2D eigenvalue weighted by Gasteiger charge is 2.26. The predicted octanol–water partition coefficient (Wildman–Crippen LogP) is 4.32. The van der Waals surface area contributed by atoms with Crippen molar-refractivity contribution < 1.29 is 19.4 Å². The largest absolute Gasteiger partial charge is 0.482 e. The first-order chi connectivity index (χ1) is 14.1. The second-order valence-electron chi connectivity index (χ2n) is 7.35. The summed E-state index contributed by atoms with van der Waals surface area (Å²) < 4.78 is 5.46. The molecular formula is C24H23NO4. The molecule has 1 heterocycles. The molecule has 3 aromatic rings. The first-order valence-electron chi connectivity index (χ1n) is 9.83. The fourth-order valence-corrected chi connectivity index (χ4v) is 3.99. The van der Waals surface area contributed by atoms with Crippen LogP contribution in [0.4, 0.5) is 0 Å². The molecule has 1 fully saturated rings. The quantitative estimate of drug-likeness (QED) is 0.706. The minimum Gasteiger partial charge on any atom is -0.482 e. The normalized spacial score (nSPS) is 14.7. The number of hydrogen-bond donors (Lipinski definition) is 1. The number of carbonyl (C=O) groups excluding carboxylic acids is 1. The number of ether oxygens (including phenoxy) is 1. The lowest BCUT2D eigenvalue weighted by molar-refractivity contribution is -0.139. The average Bonchev–Trinajstić information content (AvgIpc) is 2.77. The molecule has 0 saturated carbocycles. The Kier molecular flexibility index (Phi) is 5.47. The first kappa shape index (κ1) is 19.0. The number of amides is 1. The number of likely N-dealkylation sites (tertiary alicyclic amines) is 1. The summed E-state index contributed by atoms with van der Waals surface area (Å²) in [5, 5.41) is 11.1. The lowest BCUT2D eigenvalue weighted by Crippen LogP contribution is -2.38. The van der Waals surface area contributed by atoms with Gasteiger partial charge in [-0.1, -0.05) is 48.5 Å². The number of fused-ring (bicyclic) bond motifs is 1. The van der Waals surface area contributed by atoms with Crippen LogP contribution in [0.25, 0.3) is 10.8 Å². The van der Waals surface area contributed by atoms with E-state index in [2.05, 4.69) is 0 Å². The number of rotatable bonds is 5. The van der Waals surface area contributed by atoms with E-state index in [1.807, 2.05) is 71.6 Å². The molecule has 1 N–H and O–H groups in total. The average molecular weight is 389 g/mol. The molecule has 4 rings (SSSR count).